The maximum absolute atomic E-state index is 5.93. The van der Waals surface area contributed by atoms with Gasteiger partial charge in [-0.25, -0.2) is 4.99 Å². The Morgan fingerprint density at radius 3 is 2.58 bits per heavy atom. The van der Waals surface area contributed by atoms with Gasteiger partial charge in [-0.3, -0.25) is 0 Å². The molecular formula is C14H21N3O2. The summed E-state index contributed by atoms with van der Waals surface area (Å²) in [5.74, 6) is 1.85. The van der Waals surface area contributed by atoms with Gasteiger partial charge in [0.1, 0.15) is 11.5 Å². The Balaban J connectivity index is 2.13. The van der Waals surface area contributed by atoms with Crippen LogP contribution in [0.3, 0.4) is 0 Å². The normalized spacial score (nSPS) is 20.8. The third-order valence-electron chi connectivity index (χ3n) is 3.43. The molecule has 1 aromatic carbocycles. The highest BCUT2D eigenvalue weighted by molar-refractivity contribution is 5.94. The number of guanidine groups is 1. The van der Waals surface area contributed by atoms with Gasteiger partial charge in [-0.2, -0.15) is 0 Å². The van der Waals surface area contributed by atoms with Crippen molar-refractivity contribution in [2.45, 2.75) is 26.3 Å². The van der Waals surface area contributed by atoms with Crippen LogP contribution in [0.1, 0.15) is 20.3 Å². The fraction of sp³-hybridized carbons (Fsp3) is 0.500. The zero-order valence-corrected chi connectivity index (χ0v) is 11.9. The minimum Gasteiger partial charge on any atom is -0.497 e. The third-order valence-corrected chi connectivity index (χ3v) is 3.43. The summed E-state index contributed by atoms with van der Waals surface area (Å²) in [5.41, 5.74) is 6.95. The van der Waals surface area contributed by atoms with E-state index >= 15 is 0 Å². The highest BCUT2D eigenvalue weighted by atomic mass is 16.5. The van der Waals surface area contributed by atoms with E-state index < -0.39 is 0 Å². The molecule has 0 spiro atoms. The SMILES string of the molecule is COc1ccc(OC)c(NC(N)=NC2CC2(C)C)c1. The van der Waals surface area contributed by atoms with Crippen molar-refractivity contribution < 1.29 is 9.47 Å². The lowest BCUT2D eigenvalue weighted by Crippen LogP contribution is -2.24. The minimum atomic E-state index is 0.269. The topological polar surface area (TPSA) is 68.9 Å². The lowest BCUT2D eigenvalue weighted by molar-refractivity contribution is 0.405. The smallest absolute Gasteiger partial charge is 0.193 e. The van der Waals surface area contributed by atoms with E-state index in [1.807, 2.05) is 18.2 Å². The molecule has 0 bridgehead atoms. The van der Waals surface area contributed by atoms with Gasteiger partial charge in [0.05, 0.1) is 25.9 Å². The highest BCUT2D eigenvalue weighted by Gasteiger charge is 2.45. The zero-order valence-electron chi connectivity index (χ0n) is 11.9. The first-order chi connectivity index (χ1) is 8.96. The number of benzene rings is 1. The molecular weight excluding hydrogens is 242 g/mol. The second kappa shape index (κ2) is 4.99. The molecule has 3 N–H and O–H groups in total. The van der Waals surface area contributed by atoms with Crippen molar-refractivity contribution >= 4 is 11.6 Å². The Kier molecular flexibility index (Phi) is 3.55. The van der Waals surface area contributed by atoms with Gasteiger partial charge >= 0.3 is 0 Å². The van der Waals surface area contributed by atoms with E-state index in [0.29, 0.717) is 17.8 Å². The second-order valence-corrected chi connectivity index (χ2v) is 5.41. The standard InChI is InChI=1S/C14H21N3O2/c1-14(2)8-12(14)17-13(15)16-10-7-9(18-3)5-6-11(10)19-4/h5-7,12H,8H2,1-4H3,(H3,15,16,17). The number of rotatable bonds is 4. The van der Waals surface area contributed by atoms with Gasteiger partial charge in [0.25, 0.3) is 0 Å². The third kappa shape index (κ3) is 3.10. The molecule has 1 fully saturated rings. The molecule has 1 aromatic rings. The molecule has 1 atom stereocenters. The molecule has 2 rings (SSSR count). The first-order valence-corrected chi connectivity index (χ1v) is 6.28. The van der Waals surface area contributed by atoms with Crippen LogP contribution < -0.4 is 20.5 Å². The van der Waals surface area contributed by atoms with Crippen molar-refractivity contribution in [2.75, 3.05) is 19.5 Å². The molecule has 5 nitrogen and oxygen atoms in total. The number of nitrogens with two attached hydrogens (primary N) is 1. The van der Waals surface area contributed by atoms with Crippen LogP contribution in [0.25, 0.3) is 0 Å². The quantitative estimate of drug-likeness (QED) is 0.645. The average molecular weight is 263 g/mol. The van der Waals surface area contributed by atoms with Gasteiger partial charge in [0.2, 0.25) is 0 Å². The molecule has 0 aromatic heterocycles. The maximum atomic E-state index is 5.93. The average Bonchev–Trinajstić information content (AvgIpc) is 2.95. The van der Waals surface area contributed by atoms with Crippen LogP contribution in [0.15, 0.2) is 23.2 Å². The molecule has 0 amide bonds. The summed E-state index contributed by atoms with van der Waals surface area (Å²) in [5, 5.41) is 3.07. The van der Waals surface area contributed by atoms with Gasteiger partial charge in [0.15, 0.2) is 5.96 Å². The maximum Gasteiger partial charge on any atom is 0.193 e. The first kappa shape index (κ1) is 13.5. The summed E-state index contributed by atoms with van der Waals surface area (Å²) in [7, 11) is 3.24. The molecule has 1 aliphatic carbocycles. The van der Waals surface area contributed by atoms with Crippen LogP contribution in [0.5, 0.6) is 11.5 Å². The lowest BCUT2D eigenvalue weighted by Gasteiger charge is -2.12. The van der Waals surface area contributed by atoms with Gasteiger partial charge in [0, 0.05) is 6.07 Å². The van der Waals surface area contributed by atoms with E-state index in [0.717, 1.165) is 17.9 Å². The van der Waals surface area contributed by atoms with E-state index in [1.54, 1.807) is 14.2 Å². The molecule has 0 heterocycles. The van der Waals surface area contributed by atoms with E-state index in [2.05, 4.69) is 24.2 Å². The first-order valence-electron chi connectivity index (χ1n) is 6.28. The van der Waals surface area contributed by atoms with Crippen molar-refractivity contribution in [3.8, 4) is 11.5 Å². The number of ether oxygens (including phenoxy) is 2. The highest BCUT2D eigenvalue weighted by Crippen LogP contribution is 2.47. The molecule has 5 heteroatoms. The number of aliphatic imine (C=N–C) groups is 1. The molecule has 0 radical (unpaired) electrons. The number of hydrogen-bond donors (Lipinski definition) is 2. The van der Waals surface area contributed by atoms with E-state index in [-0.39, 0.29) is 5.41 Å². The van der Waals surface area contributed by atoms with Crippen molar-refractivity contribution in [1.29, 1.82) is 0 Å². The molecule has 0 aliphatic heterocycles. The summed E-state index contributed by atoms with van der Waals surface area (Å²) in [6.07, 6.45) is 1.07. The molecule has 19 heavy (non-hydrogen) atoms. The summed E-state index contributed by atoms with van der Waals surface area (Å²) >= 11 is 0. The predicted molar refractivity (Wildman–Crippen MR) is 77.0 cm³/mol. The molecule has 1 unspecified atom stereocenters. The van der Waals surface area contributed by atoms with Crippen LogP contribution >= 0.6 is 0 Å². The number of methoxy groups -OCH3 is 2. The Bertz CT molecular complexity index is 497. The predicted octanol–water partition coefficient (Wildman–Crippen LogP) is 2.23. The molecule has 1 saturated carbocycles. The number of hydrogen-bond acceptors (Lipinski definition) is 3. The number of anilines is 1. The van der Waals surface area contributed by atoms with Crippen LogP contribution in [0.2, 0.25) is 0 Å². The zero-order chi connectivity index (χ0) is 14.0. The Hall–Kier alpha value is -1.91. The molecule has 1 aliphatic rings. The fourth-order valence-corrected chi connectivity index (χ4v) is 1.91. The van der Waals surface area contributed by atoms with E-state index in [4.69, 9.17) is 15.2 Å². The Morgan fingerprint density at radius 2 is 2.05 bits per heavy atom. The van der Waals surface area contributed by atoms with Crippen LogP contribution in [-0.4, -0.2) is 26.2 Å². The summed E-state index contributed by atoms with van der Waals surface area (Å²) < 4.78 is 10.5. The van der Waals surface area contributed by atoms with Gasteiger partial charge in [-0.15, -0.1) is 0 Å². The Labute approximate surface area is 113 Å². The van der Waals surface area contributed by atoms with E-state index in [9.17, 15) is 0 Å². The fourth-order valence-electron chi connectivity index (χ4n) is 1.91. The minimum absolute atomic E-state index is 0.269. The van der Waals surface area contributed by atoms with Crippen LogP contribution in [0.4, 0.5) is 5.69 Å². The van der Waals surface area contributed by atoms with E-state index in [1.165, 1.54) is 0 Å². The summed E-state index contributed by atoms with van der Waals surface area (Å²) in [6.45, 7) is 4.36. The molecule has 0 saturated heterocycles. The molecule has 104 valence electrons. The van der Waals surface area contributed by atoms with Crippen molar-refractivity contribution in [3.63, 3.8) is 0 Å². The van der Waals surface area contributed by atoms with Crippen molar-refractivity contribution in [2.24, 2.45) is 16.1 Å². The summed E-state index contributed by atoms with van der Waals surface area (Å²) in [6, 6.07) is 5.80. The number of nitrogens with one attached hydrogen (secondary N) is 1. The second-order valence-electron chi connectivity index (χ2n) is 5.41. The van der Waals surface area contributed by atoms with Gasteiger partial charge in [-0.1, -0.05) is 13.8 Å². The largest absolute Gasteiger partial charge is 0.497 e. The monoisotopic (exact) mass is 263 g/mol. The van der Waals surface area contributed by atoms with Crippen LogP contribution in [-0.2, 0) is 0 Å². The van der Waals surface area contributed by atoms with Crippen molar-refractivity contribution in [3.05, 3.63) is 18.2 Å². The van der Waals surface area contributed by atoms with Crippen molar-refractivity contribution in [1.82, 2.24) is 0 Å². The Morgan fingerprint density at radius 1 is 1.37 bits per heavy atom. The van der Waals surface area contributed by atoms with Gasteiger partial charge < -0.3 is 20.5 Å². The lowest BCUT2D eigenvalue weighted by atomic mass is 10.2. The number of nitrogens with zero attached hydrogens (tertiary/aromatic N) is 1. The summed E-state index contributed by atoms with van der Waals surface area (Å²) in [4.78, 5) is 4.45. The van der Waals surface area contributed by atoms with Gasteiger partial charge in [-0.05, 0) is 24.0 Å². The van der Waals surface area contributed by atoms with Crippen LogP contribution in [0, 0.1) is 5.41 Å².